The van der Waals surface area contributed by atoms with Crippen molar-refractivity contribution in [2.45, 2.75) is 13.5 Å². The smallest absolute Gasteiger partial charge is 0.118 e. The van der Waals surface area contributed by atoms with Crippen molar-refractivity contribution in [3.05, 3.63) is 48.3 Å². The Balaban J connectivity index is 1.95. The van der Waals surface area contributed by atoms with Gasteiger partial charge in [-0.05, 0) is 30.7 Å². The zero-order valence-corrected chi connectivity index (χ0v) is 11.3. The first-order valence-electron chi connectivity index (χ1n) is 6.37. The highest BCUT2D eigenvalue weighted by Gasteiger charge is 1.97. The number of benzene rings is 1. The van der Waals surface area contributed by atoms with Crippen molar-refractivity contribution in [2.75, 3.05) is 24.3 Å². The van der Waals surface area contributed by atoms with Gasteiger partial charge in [0.2, 0.25) is 0 Å². The lowest BCUT2D eigenvalue weighted by molar-refractivity contribution is 0.414. The summed E-state index contributed by atoms with van der Waals surface area (Å²) in [6.07, 6.45) is 3.65. The molecular weight excluding hydrogens is 238 g/mol. The third-order valence-electron chi connectivity index (χ3n) is 2.77. The van der Waals surface area contributed by atoms with Crippen molar-refractivity contribution in [2.24, 2.45) is 0 Å². The van der Waals surface area contributed by atoms with Gasteiger partial charge in [-0.25, -0.2) is 0 Å². The molecule has 2 rings (SSSR count). The SMILES string of the molecule is CCNc1cncc(NCc2ccc(OC)cc2)c1. The van der Waals surface area contributed by atoms with Crippen LogP contribution >= 0.6 is 0 Å². The molecule has 0 saturated heterocycles. The highest BCUT2D eigenvalue weighted by Crippen LogP contribution is 2.15. The Morgan fingerprint density at radius 1 is 1.05 bits per heavy atom. The zero-order valence-electron chi connectivity index (χ0n) is 11.3. The van der Waals surface area contributed by atoms with E-state index >= 15 is 0 Å². The van der Waals surface area contributed by atoms with E-state index in [4.69, 9.17) is 4.74 Å². The molecule has 0 bridgehead atoms. The molecule has 1 heterocycles. The first kappa shape index (κ1) is 13.2. The van der Waals surface area contributed by atoms with Gasteiger partial charge in [-0.1, -0.05) is 12.1 Å². The quantitative estimate of drug-likeness (QED) is 0.834. The summed E-state index contributed by atoms with van der Waals surface area (Å²) in [5.41, 5.74) is 3.24. The van der Waals surface area contributed by atoms with Crippen LogP contribution in [0, 0.1) is 0 Å². The van der Waals surface area contributed by atoms with Crippen LogP contribution in [-0.2, 0) is 6.54 Å². The second-order valence-corrected chi connectivity index (χ2v) is 4.19. The number of nitrogens with one attached hydrogen (secondary N) is 2. The average Bonchev–Trinajstić information content (AvgIpc) is 2.46. The molecule has 0 spiro atoms. The molecule has 0 fully saturated rings. The van der Waals surface area contributed by atoms with Gasteiger partial charge in [0.15, 0.2) is 0 Å². The van der Waals surface area contributed by atoms with E-state index in [-0.39, 0.29) is 0 Å². The molecular formula is C15H19N3O. The predicted octanol–water partition coefficient (Wildman–Crippen LogP) is 3.13. The summed E-state index contributed by atoms with van der Waals surface area (Å²) >= 11 is 0. The van der Waals surface area contributed by atoms with E-state index in [2.05, 4.69) is 28.6 Å². The summed E-state index contributed by atoms with van der Waals surface area (Å²) in [4.78, 5) is 4.20. The van der Waals surface area contributed by atoms with Crippen LogP contribution < -0.4 is 15.4 Å². The van der Waals surface area contributed by atoms with E-state index in [9.17, 15) is 0 Å². The number of hydrogen-bond acceptors (Lipinski definition) is 4. The number of ether oxygens (including phenoxy) is 1. The third kappa shape index (κ3) is 3.88. The molecule has 0 aliphatic rings. The van der Waals surface area contributed by atoms with Crippen molar-refractivity contribution >= 4 is 11.4 Å². The summed E-state index contributed by atoms with van der Waals surface area (Å²) in [5.74, 6) is 0.875. The number of hydrogen-bond donors (Lipinski definition) is 2. The summed E-state index contributed by atoms with van der Waals surface area (Å²) < 4.78 is 5.14. The van der Waals surface area contributed by atoms with Gasteiger partial charge in [0.25, 0.3) is 0 Å². The third-order valence-corrected chi connectivity index (χ3v) is 2.77. The van der Waals surface area contributed by atoms with E-state index in [1.54, 1.807) is 7.11 Å². The van der Waals surface area contributed by atoms with Crippen LogP contribution in [0.2, 0.25) is 0 Å². The summed E-state index contributed by atoms with van der Waals surface area (Å²) in [5, 5.41) is 6.60. The number of methoxy groups -OCH3 is 1. The van der Waals surface area contributed by atoms with E-state index in [0.717, 1.165) is 30.2 Å². The maximum absolute atomic E-state index is 5.14. The summed E-state index contributed by atoms with van der Waals surface area (Å²) in [6, 6.07) is 10.1. The van der Waals surface area contributed by atoms with Gasteiger partial charge in [0, 0.05) is 13.1 Å². The Hall–Kier alpha value is -2.23. The minimum atomic E-state index is 0.765. The van der Waals surface area contributed by atoms with Crippen molar-refractivity contribution in [3.8, 4) is 5.75 Å². The lowest BCUT2D eigenvalue weighted by atomic mass is 10.2. The monoisotopic (exact) mass is 257 g/mol. The molecule has 100 valence electrons. The van der Waals surface area contributed by atoms with Crippen molar-refractivity contribution < 1.29 is 4.74 Å². The Bertz CT molecular complexity index is 511. The molecule has 4 nitrogen and oxygen atoms in total. The standard InChI is InChI=1S/C15H19N3O/c1-3-17-13-8-14(11-16-10-13)18-9-12-4-6-15(19-2)7-5-12/h4-8,10-11,17-18H,3,9H2,1-2H3. The number of anilines is 2. The van der Waals surface area contributed by atoms with E-state index < -0.39 is 0 Å². The van der Waals surface area contributed by atoms with Gasteiger partial charge in [0.05, 0.1) is 30.9 Å². The van der Waals surface area contributed by atoms with Crippen LogP contribution in [0.25, 0.3) is 0 Å². The van der Waals surface area contributed by atoms with Crippen molar-refractivity contribution in [3.63, 3.8) is 0 Å². The number of aromatic nitrogens is 1. The van der Waals surface area contributed by atoms with Crippen LogP contribution in [0.4, 0.5) is 11.4 Å². The van der Waals surface area contributed by atoms with Gasteiger partial charge >= 0.3 is 0 Å². The Kier molecular flexibility index (Phi) is 4.61. The molecule has 2 N–H and O–H groups in total. The summed E-state index contributed by atoms with van der Waals surface area (Å²) in [7, 11) is 1.67. The molecule has 0 aliphatic carbocycles. The van der Waals surface area contributed by atoms with Crippen molar-refractivity contribution in [1.82, 2.24) is 4.98 Å². The molecule has 1 aromatic carbocycles. The predicted molar refractivity (Wildman–Crippen MR) is 78.7 cm³/mol. The van der Waals surface area contributed by atoms with Gasteiger partial charge < -0.3 is 15.4 Å². The maximum atomic E-state index is 5.14. The molecule has 4 heteroatoms. The fourth-order valence-electron chi connectivity index (χ4n) is 1.78. The maximum Gasteiger partial charge on any atom is 0.118 e. The fraction of sp³-hybridized carbons (Fsp3) is 0.267. The van der Waals surface area contributed by atoms with E-state index in [0.29, 0.717) is 0 Å². The second-order valence-electron chi connectivity index (χ2n) is 4.19. The highest BCUT2D eigenvalue weighted by atomic mass is 16.5. The molecule has 0 unspecified atom stereocenters. The molecule has 0 radical (unpaired) electrons. The normalized spacial score (nSPS) is 10.0. The van der Waals surface area contributed by atoms with Crippen molar-refractivity contribution in [1.29, 1.82) is 0 Å². The number of nitrogens with zero attached hydrogens (tertiary/aromatic N) is 1. The van der Waals surface area contributed by atoms with Crippen LogP contribution in [0.1, 0.15) is 12.5 Å². The molecule has 0 saturated carbocycles. The molecule has 2 aromatic rings. The first-order chi connectivity index (χ1) is 9.31. The van der Waals surface area contributed by atoms with Crippen LogP contribution in [-0.4, -0.2) is 18.6 Å². The summed E-state index contributed by atoms with van der Waals surface area (Å²) in [6.45, 7) is 3.72. The highest BCUT2D eigenvalue weighted by molar-refractivity contribution is 5.54. The van der Waals surface area contributed by atoms with Crippen LogP contribution in [0.5, 0.6) is 5.75 Å². The lowest BCUT2D eigenvalue weighted by Gasteiger charge is -2.09. The van der Waals surface area contributed by atoms with Crippen LogP contribution in [0.3, 0.4) is 0 Å². The van der Waals surface area contributed by atoms with Crippen LogP contribution in [0.15, 0.2) is 42.7 Å². The van der Waals surface area contributed by atoms with Gasteiger partial charge in [-0.2, -0.15) is 0 Å². The van der Waals surface area contributed by atoms with Gasteiger partial charge in [-0.15, -0.1) is 0 Å². The topological polar surface area (TPSA) is 46.2 Å². The van der Waals surface area contributed by atoms with Gasteiger partial charge in [-0.3, -0.25) is 4.98 Å². The molecule has 0 aliphatic heterocycles. The first-order valence-corrected chi connectivity index (χ1v) is 6.37. The minimum absolute atomic E-state index is 0.765. The fourth-order valence-corrected chi connectivity index (χ4v) is 1.78. The number of pyridine rings is 1. The minimum Gasteiger partial charge on any atom is -0.497 e. The second kappa shape index (κ2) is 6.64. The number of rotatable bonds is 6. The molecule has 1 aromatic heterocycles. The molecule has 19 heavy (non-hydrogen) atoms. The lowest BCUT2D eigenvalue weighted by Crippen LogP contribution is -2.02. The Labute approximate surface area is 113 Å². The molecule has 0 atom stereocenters. The van der Waals surface area contributed by atoms with Gasteiger partial charge in [0.1, 0.15) is 5.75 Å². The average molecular weight is 257 g/mol. The van der Waals surface area contributed by atoms with E-state index in [1.807, 2.05) is 36.7 Å². The molecule has 0 amide bonds. The zero-order chi connectivity index (χ0) is 13.5. The Morgan fingerprint density at radius 3 is 2.37 bits per heavy atom. The van der Waals surface area contributed by atoms with E-state index in [1.165, 1.54) is 5.56 Å². The largest absolute Gasteiger partial charge is 0.497 e. The Morgan fingerprint density at radius 2 is 1.74 bits per heavy atom.